The smallest absolute Gasteiger partial charge is 0.338 e. The predicted octanol–water partition coefficient (Wildman–Crippen LogP) is 2.22. The largest absolute Gasteiger partial charge is 0.338 e. The second-order valence-electron chi connectivity index (χ2n) is 7.73. The van der Waals surface area contributed by atoms with Crippen molar-refractivity contribution >= 4 is 27.8 Å². The van der Waals surface area contributed by atoms with Gasteiger partial charge in [-0.3, -0.25) is 9.69 Å². The summed E-state index contributed by atoms with van der Waals surface area (Å²) in [6.07, 6.45) is 0.946. The molecule has 1 fully saturated rings. The molecule has 158 valence electrons. The van der Waals surface area contributed by atoms with Gasteiger partial charge in [0.1, 0.15) is 6.61 Å². The van der Waals surface area contributed by atoms with Crippen LogP contribution < -0.4 is 0 Å². The molecule has 1 aliphatic heterocycles. The lowest BCUT2D eigenvalue weighted by Gasteiger charge is -2.42. The van der Waals surface area contributed by atoms with Gasteiger partial charge in [-0.25, -0.2) is 4.18 Å². The molecule has 0 radical (unpaired) electrons. The molecule has 0 saturated carbocycles. The summed E-state index contributed by atoms with van der Waals surface area (Å²) in [4.78, 5) is 16.6. The third-order valence-corrected chi connectivity index (χ3v) is 6.30. The molecule has 28 heavy (non-hydrogen) atoms. The number of carbonyl (C=O) groups is 1. The van der Waals surface area contributed by atoms with Gasteiger partial charge in [0.25, 0.3) is 0 Å². The van der Waals surface area contributed by atoms with Gasteiger partial charge in [0.05, 0.1) is 0 Å². The molecular weight excluding hydrogens is 402 g/mol. The average Bonchev–Trinajstić information content (AvgIpc) is 2.60. The molecule has 0 aliphatic carbocycles. The molecule has 0 aromatic heterocycles. The van der Waals surface area contributed by atoms with E-state index in [1.54, 1.807) is 4.90 Å². The van der Waals surface area contributed by atoms with Crippen LogP contribution in [0.15, 0.2) is 24.3 Å². The lowest BCUT2D eigenvalue weighted by Crippen LogP contribution is -2.55. The van der Waals surface area contributed by atoms with E-state index in [-0.39, 0.29) is 11.9 Å². The van der Waals surface area contributed by atoms with E-state index in [2.05, 4.69) is 24.8 Å². The van der Waals surface area contributed by atoms with Crippen LogP contribution in [0.2, 0.25) is 5.02 Å². The number of nitrogens with zero attached hydrogens (tertiary/aromatic N) is 3. The minimum absolute atomic E-state index is 0.196. The standard InChI is InChI=1S/C19H30ClN3O4S/c1-15(2)10-18-13-23(19(24)14-27-28(25,26)21(3)4)9-8-22(18)12-16-6-5-7-17(20)11-16/h5-7,11,15,18H,8-10,12-14H2,1-4H3/t18-/m0/s1. The van der Waals surface area contributed by atoms with Gasteiger partial charge in [-0.2, -0.15) is 12.7 Å². The molecule has 0 bridgehead atoms. The fourth-order valence-corrected chi connectivity index (χ4v) is 3.96. The Morgan fingerprint density at radius 3 is 2.64 bits per heavy atom. The number of hydrogen-bond donors (Lipinski definition) is 0. The van der Waals surface area contributed by atoms with E-state index in [0.717, 1.165) is 29.4 Å². The van der Waals surface area contributed by atoms with E-state index in [4.69, 9.17) is 15.8 Å². The Labute approximate surface area is 173 Å². The molecule has 0 spiro atoms. The number of halogens is 1. The Morgan fingerprint density at radius 1 is 1.32 bits per heavy atom. The maximum Gasteiger partial charge on any atom is 0.338 e. The van der Waals surface area contributed by atoms with Crippen molar-refractivity contribution in [3.05, 3.63) is 34.9 Å². The summed E-state index contributed by atoms with van der Waals surface area (Å²) in [5, 5.41) is 0.714. The van der Waals surface area contributed by atoms with Gasteiger partial charge in [-0.15, -0.1) is 0 Å². The van der Waals surface area contributed by atoms with Crippen LogP contribution in [-0.4, -0.2) is 74.8 Å². The fraction of sp³-hybridized carbons (Fsp3) is 0.632. The predicted molar refractivity (Wildman–Crippen MR) is 110 cm³/mol. The molecule has 7 nitrogen and oxygen atoms in total. The summed E-state index contributed by atoms with van der Waals surface area (Å²) >= 11 is 6.10. The molecule has 0 N–H and O–H groups in total. The quantitative estimate of drug-likeness (QED) is 0.631. The third kappa shape index (κ3) is 6.70. The van der Waals surface area contributed by atoms with Gasteiger partial charge in [-0.05, 0) is 30.0 Å². The zero-order valence-corrected chi connectivity index (χ0v) is 18.5. The highest BCUT2D eigenvalue weighted by atomic mass is 35.5. The number of amides is 1. The summed E-state index contributed by atoms with van der Waals surface area (Å²) in [5.41, 5.74) is 1.14. The van der Waals surface area contributed by atoms with Crippen molar-refractivity contribution in [2.24, 2.45) is 5.92 Å². The first-order valence-corrected chi connectivity index (χ1v) is 11.2. The SMILES string of the molecule is CC(C)C[C@H]1CN(C(=O)COS(=O)(=O)N(C)C)CCN1Cc1cccc(Cl)c1. The fourth-order valence-electron chi connectivity index (χ4n) is 3.29. The van der Waals surface area contributed by atoms with Gasteiger partial charge < -0.3 is 4.90 Å². The minimum atomic E-state index is -3.86. The highest BCUT2D eigenvalue weighted by molar-refractivity contribution is 7.84. The van der Waals surface area contributed by atoms with Gasteiger partial charge in [0.15, 0.2) is 0 Å². The first-order chi connectivity index (χ1) is 13.1. The van der Waals surface area contributed by atoms with Crippen LogP contribution in [0.3, 0.4) is 0 Å². The maximum absolute atomic E-state index is 12.5. The summed E-state index contributed by atoms with van der Waals surface area (Å²) < 4.78 is 29.2. The second kappa shape index (κ2) is 10.0. The molecule has 0 unspecified atom stereocenters. The highest BCUT2D eigenvalue weighted by Crippen LogP contribution is 2.21. The summed E-state index contributed by atoms with van der Waals surface area (Å²) in [5.74, 6) is 0.175. The first kappa shape index (κ1) is 23.1. The lowest BCUT2D eigenvalue weighted by atomic mass is 9.99. The third-order valence-electron chi connectivity index (χ3n) is 4.75. The zero-order chi connectivity index (χ0) is 20.9. The van der Waals surface area contributed by atoms with Crippen LogP contribution in [0.25, 0.3) is 0 Å². The molecule has 1 amide bonds. The Morgan fingerprint density at radius 2 is 2.04 bits per heavy atom. The minimum Gasteiger partial charge on any atom is -0.338 e. The van der Waals surface area contributed by atoms with Crippen molar-refractivity contribution in [1.29, 1.82) is 0 Å². The molecule has 1 saturated heterocycles. The molecule has 1 aromatic rings. The topological polar surface area (TPSA) is 70.2 Å². The number of piperazine rings is 1. The van der Waals surface area contributed by atoms with Crippen LogP contribution in [0.4, 0.5) is 0 Å². The van der Waals surface area contributed by atoms with Crippen LogP contribution in [0.5, 0.6) is 0 Å². The van der Waals surface area contributed by atoms with Gasteiger partial charge in [-0.1, -0.05) is 37.6 Å². The summed E-state index contributed by atoms with van der Waals surface area (Å²) in [7, 11) is -1.12. The molecule has 1 atom stereocenters. The van der Waals surface area contributed by atoms with E-state index in [9.17, 15) is 13.2 Å². The van der Waals surface area contributed by atoms with E-state index in [1.165, 1.54) is 14.1 Å². The zero-order valence-electron chi connectivity index (χ0n) is 17.0. The van der Waals surface area contributed by atoms with Gasteiger partial charge in [0.2, 0.25) is 5.91 Å². The van der Waals surface area contributed by atoms with Crippen molar-refractivity contribution < 1.29 is 17.4 Å². The van der Waals surface area contributed by atoms with E-state index in [1.807, 2.05) is 18.2 Å². The number of benzene rings is 1. The van der Waals surface area contributed by atoms with Gasteiger partial charge in [0, 0.05) is 51.3 Å². The van der Waals surface area contributed by atoms with Crippen LogP contribution in [0, 0.1) is 5.92 Å². The summed E-state index contributed by atoms with van der Waals surface area (Å²) in [6.45, 7) is 6.43. The lowest BCUT2D eigenvalue weighted by molar-refractivity contribution is -0.136. The Balaban J connectivity index is 2.01. The molecule has 9 heteroatoms. The highest BCUT2D eigenvalue weighted by Gasteiger charge is 2.30. The second-order valence-corrected chi connectivity index (χ2v) is 9.98. The number of carbonyl (C=O) groups excluding carboxylic acids is 1. The summed E-state index contributed by atoms with van der Waals surface area (Å²) in [6, 6.07) is 8.01. The normalized spacial score (nSPS) is 18.8. The number of hydrogen-bond acceptors (Lipinski definition) is 5. The van der Waals surface area contributed by atoms with Crippen molar-refractivity contribution in [2.75, 3.05) is 40.3 Å². The van der Waals surface area contributed by atoms with E-state index >= 15 is 0 Å². The van der Waals surface area contributed by atoms with E-state index in [0.29, 0.717) is 24.0 Å². The molecular formula is C19H30ClN3O4S. The van der Waals surface area contributed by atoms with E-state index < -0.39 is 16.9 Å². The molecule has 2 rings (SSSR count). The monoisotopic (exact) mass is 431 g/mol. The maximum atomic E-state index is 12.5. The van der Waals surface area contributed by atoms with Crippen molar-refractivity contribution in [2.45, 2.75) is 32.9 Å². The average molecular weight is 432 g/mol. The Bertz CT molecular complexity index is 770. The molecule has 1 aromatic carbocycles. The molecule has 1 aliphatic rings. The number of rotatable bonds is 8. The van der Waals surface area contributed by atoms with Crippen molar-refractivity contribution in [3.8, 4) is 0 Å². The molecule has 1 heterocycles. The van der Waals surface area contributed by atoms with Crippen molar-refractivity contribution in [3.63, 3.8) is 0 Å². The van der Waals surface area contributed by atoms with Crippen LogP contribution in [0.1, 0.15) is 25.8 Å². The first-order valence-electron chi connectivity index (χ1n) is 9.41. The van der Waals surface area contributed by atoms with Crippen LogP contribution >= 0.6 is 11.6 Å². The Hall–Kier alpha value is -1.19. The van der Waals surface area contributed by atoms with Crippen molar-refractivity contribution in [1.82, 2.24) is 14.1 Å². The Kier molecular flexibility index (Phi) is 8.27. The van der Waals surface area contributed by atoms with Crippen LogP contribution in [-0.2, 0) is 25.8 Å². The van der Waals surface area contributed by atoms with Gasteiger partial charge >= 0.3 is 10.3 Å².